The van der Waals surface area contributed by atoms with E-state index in [1.165, 1.54) is 127 Å². The maximum atomic E-state index is 5.57. The Labute approximate surface area is 482 Å². The van der Waals surface area contributed by atoms with Gasteiger partial charge >= 0.3 is 0 Å². The average molecular weight is 1070 g/mol. The van der Waals surface area contributed by atoms with Gasteiger partial charge in [0.25, 0.3) is 0 Å². The van der Waals surface area contributed by atoms with Crippen molar-refractivity contribution >= 4 is 71.0 Å². The van der Waals surface area contributed by atoms with Crippen LogP contribution in [0.15, 0.2) is 252 Å². The zero-order valence-corrected chi connectivity index (χ0v) is 47.7. The lowest BCUT2D eigenvalue weighted by atomic mass is 9.71. The van der Waals surface area contributed by atoms with Crippen molar-refractivity contribution < 1.29 is 0 Å². The van der Waals surface area contributed by atoms with Crippen LogP contribution in [0.4, 0.5) is 17.1 Å². The Bertz CT molecular complexity index is 4220. The molecule has 6 aliphatic carbocycles. The third kappa shape index (κ3) is 8.39. The maximum absolute atomic E-state index is 5.57. The highest BCUT2D eigenvalue weighted by molar-refractivity contribution is 7.26. The van der Waals surface area contributed by atoms with Crippen LogP contribution in [0.5, 0.6) is 0 Å². The molecule has 3 nitrogen and oxygen atoms in total. The van der Waals surface area contributed by atoms with Crippen molar-refractivity contribution in [3.05, 3.63) is 286 Å². The molecule has 0 bridgehead atoms. The molecular formula is C77H67N3S. The smallest absolute Gasteiger partial charge is 0.0705 e. The van der Waals surface area contributed by atoms with E-state index < -0.39 is 0 Å². The van der Waals surface area contributed by atoms with Gasteiger partial charge in [-0.15, -0.1) is 11.3 Å². The van der Waals surface area contributed by atoms with Crippen LogP contribution in [-0.4, -0.2) is 17.8 Å². The van der Waals surface area contributed by atoms with E-state index in [9.17, 15) is 0 Å². The molecular weight excluding hydrogens is 999 g/mol. The number of benzene rings is 7. The highest BCUT2D eigenvalue weighted by atomic mass is 32.1. The monoisotopic (exact) mass is 1070 g/mol. The molecule has 4 heteroatoms. The summed E-state index contributed by atoms with van der Waals surface area (Å²) in [6, 6.07) is 59.8. The van der Waals surface area contributed by atoms with Gasteiger partial charge in [0.2, 0.25) is 0 Å². The first kappa shape index (κ1) is 49.7. The van der Waals surface area contributed by atoms with Crippen LogP contribution in [0.3, 0.4) is 0 Å². The predicted octanol–water partition coefficient (Wildman–Crippen LogP) is 20.4. The fourth-order valence-electron chi connectivity index (χ4n) is 14.7. The van der Waals surface area contributed by atoms with E-state index in [1.807, 2.05) is 11.3 Å². The Morgan fingerprint density at radius 2 is 1.47 bits per heavy atom. The van der Waals surface area contributed by atoms with E-state index in [0.717, 1.165) is 50.7 Å². The minimum absolute atomic E-state index is 0.108. The summed E-state index contributed by atoms with van der Waals surface area (Å²) in [4.78, 5) is 10.9. The minimum atomic E-state index is -0.108. The molecule has 7 aromatic carbocycles. The Balaban J connectivity index is 0.835. The van der Waals surface area contributed by atoms with E-state index in [1.54, 1.807) is 0 Å². The molecule has 4 unspecified atom stereocenters. The molecule has 0 fully saturated rings. The van der Waals surface area contributed by atoms with Gasteiger partial charge in [-0.1, -0.05) is 184 Å². The molecule has 396 valence electrons. The highest BCUT2D eigenvalue weighted by Crippen LogP contribution is 2.59. The Morgan fingerprint density at radius 1 is 0.704 bits per heavy atom. The molecule has 1 aromatic heterocycles. The van der Waals surface area contributed by atoms with Crippen LogP contribution in [-0.2, 0) is 5.41 Å². The van der Waals surface area contributed by atoms with Crippen LogP contribution in [0.25, 0.3) is 48.0 Å². The Morgan fingerprint density at radius 3 is 2.27 bits per heavy atom. The second kappa shape index (κ2) is 20.0. The molecule has 0 amide bonds. The number of allylic oxidation sites excluding steroid dienone is 14. The van der Waals surface area contributed by atoms with E-state index in [-0.39, 0.29) is 29.3 Å². The Hall–Kier alpha value is -8.31. The van der Waals surface area contributed by atoms with Crippen LogP contribution < -0.4 is 9.80 Å². The normalized spacial score (nSPS) is 20.9. The van der Waals surface area contributed by atoms with Gasteiger partial charge in [-0.2, -0.15) is 0 Å². The van der Waals surface area contributed by atoms with Gasteiger partial charge in [-0.25, -0.2) is 0 Å². The standard InChI is InChI=1S/C77H67N3S/c1-49(51-20-8-5-9-21-51)46-70(55-24-12-7-13-25-55)78-50(2)52-32-36-57(37-33-52)80-71-44-43-66-67-47-58(41-45-72(67)81-76(66)74(71)73-64-29-16-14-26-60(64)61-27-15-17-30-65(61)75(73)80)79(56-38-34-54(35-39-56)53-22-10-6-11-23-53)59-40-42-63-62-28-18-19-31-68(62)77(3,4)69(63)48-59/h5-12,14,16-24,26,28-32,34,36-38,40-48,50,52,73,75H,13,15,25,27,33,35,39H2,1-4H3/b49-46+,78-70?. The molecule has 4 atom stereocenters. The molecule has 0 radical (unpaired) electrons. The molecule has 0 saturated carbocycles. The fourth-order valence-corrected chi connectivity index (χ4v) is 16.0. The van der Waals surface area contributed by atoms with Crippen LogP contribution >= 0.6 is 11.3 Å². The lowest BCUT2D eigenvalue weighted by Crippen LogP contribution is -2.38. The van der Waals surface area contributed by atoms with Crippen molar-refractivity contribution in [1.82, 2.24) is 0 Å². The second-order valence-electron chi connectivity index (χ2n) is 23.9. The minimum Gasteiger partial charge on any atom is -0.333 e. The first-order chi connectivity index (χ1) is 39.8. The van der Waals surface area contributed by atoms with Gasteiger partial charge in [0.1, 0.15) is 0 Å². The summed E-state index contributed by atoms with van der Waals surface area (Å²) in [7, 11) is 0. The van der Waals surface area contributed by atoms with Gasteiger partial charge < -0.3 is 9.80 Å². The summed E-state index contributed by atoms with van der Waals surface area (Å²) in [5.41, 5.74) is 26.7. The molecule has 15 rings (SSSR count). The van der Waals surface area contributed by atoms with E-state index in [4.69, 9.17) is 4.99 Å². The largest absolute Gasteiger partial charge is 0.333 e. The molecule has 1 aliphatic heterocycles. The maximum Gasteiger partial charge on any atom is 0.0705 e. The summed E-state index contributed by atoms with van der Waals surface area (Å²) in [6.45, 7) is 9.33. The number of anilines is 3. The van der Waals surface area contributed by atoms with Gasteiger partial charge in [-0.05, 0) is 186 Å². The van der Waals surface area contributed by atoms with Crippen molar-refractivity contribution in [2.45, 2.75) is 96.1 Å². The SMILES string of the molecule is C/C(=C\C(=NC(C)C1C=CC(N2c3ccc4c(sc5ccc(N(C6=CC=C(c7ccccc7)CC6)c6ccc7c(c6)C(C)(C)c6ccccc6-7)cc54)c3C3c4ccccc4C4=C(C=CCC4)C32)=CC1)C1=CC=CCC1)c1ccccc1. The fraction of sp³-hybridized carbons (Fsp3) is 0.208. The third-order valence-corrected chi connectivity index (χ3v) is 20.1. The van der Waals surface area contributed by atoms with Crippen LogP contribution in [0.2, 0.25) is 0 Å². The van der Waals surface area contributed by atoms with Crippen molar-refractivity contribution in [3.63, 3.8) is 0 Å². The predicted molar refractivity (Wildman–Crippen MR) is 346 cm³/mol. The van der Waals surface area contributed by atoms with Crippen LogP contribution in [0, 0.1) is 5.92 Å². The van der Waals surface area contributed by atoms with Crippen LogP contribution in [0.1, 0.15) is 118 Å². The van der Waals surface area contributed by atoms with Crippen molar-refractivity contribution in [1.29, 1.82) is 0 Å². The summed E-state index contributed by atoms with van der Waals surface area (Å²) in [6.07, 6.45) is 33.3. The van der Waals surface area contributed by atoms with Crippen molar-refractivity contribution in [2.24, 2.45) is 10.9 Å². The lowest BCUT2D eigenvalue weighted by Gasteiger charge is -2.39. The number of nitrogens with zero attached hydrogens (tertiary/aromatic N) is 3. The number of thiophene rings is 1. The van der Waals surface area contributed by atoms with E-state index >= 15 is 0 Å². The Kier molecular flexibility index (Phi) is 12.3. The molecule has 0 saturated heterocycles. The van der Waals surface area contributed by atoms with Gasteiger partial charge in [0.15, 0.2) is 0 Å². The third-order valence-electron chi connectivity index (χ3n) is 18.9. The summed E-state index contributed by atoms with van der Waals surface area (Å²) >= 11 is 1.99. The zero-order chi connectivity index (χ0) is 54.3. The molecule has 0 spiro atoms. The van der Waals surface area contributed by atoms with Crippen molar-refractivity contribution in [3.8, 4) is 11.1 Å². The quantitative estimate of drug-likeness (QED) is 0.127. The first-order valence-corrected chi connectivity index (χ1v) is 30.4. The molecule has 0 N–H and O–H groups in total. The number of hydrogen-bond donors (Lipinski definition) is 0. The number of fused-ring (bicyclic) bond motifs is 14. The lowest BCUT2D eigenvalue weighted by molar-refractivity contribution is 0.536. The first-order valence-electron chi connectivity index (χ1n) is 29.6. The molecule has 8 aromatic rings. The van der Waals surface area contributed by atoms with Gasteiger partial charge in [0.05, 0.1) is 17.8 Å². The highest BCUT2D eigenvalue weighted by Gasteiger charge is 2.48. The summed E-state index contributed by atoms with van der Waals surface area (Å²) in [5.74, 6) is 0.464. The molecule has 81 heavy (non-hydrogen) atoms. The van der Waals surface area contributed by atoms with E-state index in [0.29, 0.717) is 0 Å². The number of rotatable bonds is 10. The topological polar surface area (TPSA) is 18.8 Å². The average Bonchev–Trinajstić information content (AvgIpc) is 2.45. The zero-order valence-electron chi connectivity index (χ0n) is 46.9. The van der Waals surface area contributed by atoms with Gasteiger partial charge in [-0.3, -0.25) is 4.99 Å². The van der Waals surface area contributed by atoms with Crippen molar-refractivity contribution in [2.75, 3.05) is 9.80 Å². The second-order valence-corrected chi connectivity index (χ2v) is 24.9. The summed E-state index contributed by atoms with van der Waals surface area (Å²) < 4.78 is 2.74. The molecule has 2 heterocycles. The molecule has 7 aliphatic rings. The summed E-state index contributed by atoms with van der Waals surface area (Å²) in [5, 5.41) is 2.67. The number of aliphatic imine (C=N–C) groups is 1. The van der Waals surface area contributed by atoms with E-state index in [2.05, 4.69) is 262 Å². The van der Waals surface area contributed by atoms with Gasteiger partial charge in [0, 0.05) is 71.4 Å². The number of hydrogen-bond acceptors (Lipinski definition) is 4.